The number of fused-ring (bicyclic) bond motifs is 3. The fourth-order valence-electron chi connectivity index (χ4n) is 2.55. The maximum Gasteiger partial charge on any atom is 0.162 e. The van der Waals surface area contributed by atoms with Gasteiger partial charge in [0.25, 0.3) is 0 Å². The summed E-state index contributed by atoms with van der Waals surface area (Å²) in [5.41, 5.74) is 4.17. The smallest absolute Gasteiger partial charge is 0.162 e. The first-order valence-electron chi connectivity index (χ1n) is 7.12. The van der Waals surface area contributed by atoms with E-state index in [9.17, 15) is 0 Å². The predicted molar refractivity (Wildman–Crippen MR) is 92.1 cm³/mol. The van der Waals surface area contributed by atoms with Crippen LogP contribution in [0.15, 0.2) is 48.8 Å². The van der Waals surface area contributed by atoms with Crippen LogP contribution in [0.1, 0.15) is 5.56 Å². The third-order valence-electron chi connectivity index (χ3n) is 3.65. The lowest BCUT2D eigenvalue weighted by atomic mass is 10.1. The van der Waals surface area contributed by atoms with Crippen molar-refractivity contribution in [3.8, 4) is 0 Å². The quantitative estimate of drug-likeness (QED) is 0.558. The Morgan fingerprint density at radius 1 is 0.913 bits per heavy atom. The Balaban J connectivity index is 1.91. The van der Waals surface area contributed by atoms with Crippen molar-refractivity contribution in [2.24, 2.45) is 0 Å². The van der Waals surface area contributed by atoms with Crippen molar-refractivity contribution in [3.05, 3.63) is 59.4 Å². The topological polar surface area (TPSA) is 63.6 Å². The van der Waals surface area contributed by atoms with E-state index < -0.39 is 0 Å². The van der Waals surface area contributed by atoms with Crippen LogP contribution in [0, 0.1) is 6.92 Å². The maximum absolute atomic E-state index is 6.02. The lowest BCUT2D eigenvalue weighted by Gasteiger charge is -2.09. The number of anilines is 2. The minimum Gasteiger partial charge on any atom is -0.338 e. The number of hydrogen-bond donors (Lipinski definition) is 1. The molecular weight excluding hydrogens is 310 g/mol. The predicted octanol–water partition coefficient (Wildman–Crippen LogP) is 4.28. The zero-order valence-corrected chi connectivity index (χ0v) is 13.0. The minimum atomic E-state index is 0.605. The first-order chi connectivity index (χ1) is 11.2. The van der Waals surface area contributed by atoms with Crippen LogP contribution in [0.4, 0.5) is 11.5 Å². The second-order valence-electron chi connectivity index (χ2n) is 5.23. The van der Waals surface area contributed by atoms with Crippen molar-refractivity contribution >= 4 is 45.0 Å². The third-order valence-corrected chi connectivity index (χ3v) is 3.89. The molecule has 0 bridgehead atoms. The molecule has 1 N–H and O–H groups in total. The van der Waals surface area contributed by atoms with Crippen molar-refractivity contribution in [2.75, 3.05) is 5.32 Å². The minimum absolute atomic E-state index is 0.605. The molecule has 2 heterocycles. The van der Waals surface area contributed by atoms with Crippen molar-refractivity contribution in [2.45, 2.75) is 6.92 Å². The van der Waals surface area contributed by atoms with E-state index in [0.717, 1.165) is 27.7 Å². The number of nitrogens with zero attached hydrogens (tertiary/aromatic N) is 4. The summed E-state index contributed by atoms with van der Waals surface area (Å²) < 4.78 is 0. The Labute approximate surface area is 137 Å². The van der Waals surface area contributed by atoms with Gasteiger partial charge in [-0.1, -0.05) is 35.9 Å². The Kier molecular flexibility index (Phi) is 3.28. The summed E-state index contributed by atoms with van der Waals surface area (Å²) in [6, 6.07) is 13.4. The zero-order chi connectivity index (χ0) is 15.8. The van der Waals surface area contributed by atoms with E-state index in [1.807, 2.05) is 49.4 Å². The molecule has 0 amide bonds. The molecule has 0 aliphatic rings. The molecule has 0 spiro atoms. The highest BCUT2D eigenvalue weighted by Gasteiger charge is 2.11. The first kappa shape index (κ1) is 13.8. The summed E-state index contributed by atoms with van der Waals surface area (Å²) in [6.07, 6.45) is 1.53. The molecule has 0 radical (unpaired) electrons. The van der Waals surface area contributed by atoms with E-state index in [2.05, 4.69) is 25.5 Å². The normalized spacial score (nSPS) is 11.0. The summed E-state index contributed by atoms with van der Waals surface area (Å²) in [6.45, 7) is 2.01. The second-order valence-corrected chi connectivity index (χ2v) is 5.66. The van der Waals surface area contributed by atoms with Crippen LogP contribution in [0.5, 0.6) is 0 Å². The molecule has 0 unspecified atom stereocenters. The summed E-state index contributed by atoms with van der Waals surface area (Å²) in [4.78, 5) is 8.68. The van der Waals surface area contributed by atoms with Crippen LogP contribution in [0.3, 0.4) is 0 Å². The molecule has 0 aliphatic heterocycles. The van der Waals surface area contributed by atoms with E-state index in [-0.39, 0.29) is 0 Å². The molecule has 23 heavy (non-hydrogen) atoms. The van der Waals surface area contributed by atoms with Gasteiger partial charge in [-0.25, -0.2) is 9.97 Å². The molecule has 2 aromatic heterocycles. The number of aromatic nitrogens is 4. The molecule has 0 fully saturated rings. The first-order valence-corrected chi connectivity index (χ1v) is 7.49. The third kappa shape index (κ3) is 2.45. The average Bonchev–Trinajstić information content (AvgIpc) is 2.55. The largest absolute Gasteiger partial charge is 0.338 e. The van der Waals surface area contributed by atoms with Gasteiger partial charge < -0.3 is 5.32 Å². The molecule has 6 heteroatoms. The summed E-state index contributed by atoms with van der Waals surface area (Å²) in [5.74, 6) is 0.605. The molecule has 4 rings (SSSR count). The van der Waals surface area contributed by atoms with Gasteiger partial charge in [0, 0.05) is 16.1 Å². The van der Waals surface area contributed by atoms with Crippen LogP contribution >= 0.6 is 11.6 Å². The molecule has 4 aromatic rings. The Bertz CT molecular complexity index is 1030. The highest BCUT2D eigenvalue weighted by Crippen LogP contribution is 2.27. The highest BCUT2D eigenvalue weighted by atomic mass is 35.5. The van der Waals surface area contributed by atoms with Gasteiger partial charge in [-0.3, -0.25) is 0 Å². The van der Waals surface area contributed by atoms with Gasteiger partial charge in [0.1, 0.15) is 11.8 Å². The highest BCUT2D eigenvalue weighted by molar-refractivity contribution is 6.30. The van der Waals surface area contributed by atoms with Gasteiger partial charge in [0.15, 0.2) is 11.3 Å². The second kappa shape index (κ2) is 5.44. The van der Waals surface area contributed by atoms with Crippen LogP contribution < -0.4 is 5.32 Å². The van der Waals surface area contributed by atoms with E-state index in [1.165, 1.54) is 6.33 Å². The van der Waals surface area contributed by atoms with Crippen molar-refractivity contribution in [1.82, 2.24) is 20.2 Å². The van der Waals surface area contributed by atoms with Gasteiger partial charge in [0.2, 0.25) is 0 Å². The van der Waals surface area contributed by atoms with Crippen LogP contribution in [-0.2, 0) is 0 Å². The van der Waals surface area contributed by atoms with E-state index in [4.69, 9.17) is 11.6 Å². The Morgan fingerprint density at radius 2 is 1.74 bits per heavy atom. The number of nitrogens with one attached hydrogen (secondary N) is 1. The van der Waals surface area contributed by atoms with Crippen LogP contribution in [-0.4, -0.2) is 20.2 Å². The molecular formula is C17H12ClN5. The fraction of sp³-hybridized carbons (Fsp3) is 0.0588. The maximum atomic E-state index is 6.02. The van der Waals surface area contributed by atoms with Gasteiger partial charge in [-0.05, 0) is 30.7 Å². The Morgan fingerprint density at radius 3 is 2.61 bits per heavy atom. The number of rotatable bonds is 2. The van der Waals surface area contributed by atoms with Crippen LogP contribution in [0.25, 0.3) is 21.9 Å². The number of hydrogen-bond acceptors (Lipinski definition) is 5. The van der Waals surface area contributed by atoms with Gasteiger partial charge in [-0.15, -0.1) is 10.2 Å². The monoisotopic (exact) mass is 321 g/mol. The molecule has 0 aliphatic carbocycles. The van der Waals surface area contributed by atoms with Crippen molar-refractivity contribution < 1.29 is 0 Å². The number of benzene rings is 2. The Hall–Kier alpha value is -2.79. The molecule has 0 saturated heterocycles. The molecule has 5 nitrogen and oxygen atoms in total. The molecule has 0 atom stereocenters. The summed E-state index contributed by atoms with van der Waals surface area (Å²) >= 11 is 6.02. The van der Waals surface area contributed by atoms with E-state index >= 15 is 0 Å². The zero-order valence-electron chi connectivity index (χ0n) is 12.3. The lowest BCUT2D eigenvalue weighted by molar-refractivity contribution is 1.09. The molecule has 112 valence electrons. The number of halogens is 1. The van der Waals surface area contributed by atoms with Gasteiger partial charge in [0.05, 0.1) is 5.52 Å². The van der Waals surface area contributed by atoms with Crippen molar-refractivity contribution in [1.29, 1.82) is 0 Å². The lowest BCUT2D eigenvalue weighted by Crippen LogP contribution is -2.00. The fourth-order valence-corrected chi connectivity index (χ4v) is 2.74. The van der Waals surface area contributed by atoms with E-state index in [0.29, 0.717) is 16.4 Å². The van der Waals surface area contributed by atoms with Crippen LogP contribution in [0.2, 0.25) is 5.02 Å². The summed E-state index contributed by atoms with van der Waals surface area (Å²) in [5, 5.41) is 13.5. The van der Waals surface area contributed by atoms with Crippen molar-refractivity contribution in [3.63, 3.8) is 0 Å². The van der Waals surface area contributed by atoms with E-state index in [1.54, 1.807) is 0 Å². The molecule has 2 aromatic carbocycles. The number of aryl methyl sites for hydroxylation is 1. The van der Waals surface area contributed by atoms with Gasteiger partial charge >= 0.3 is 0 Å². The average molecular weight is 322 g/mol. The molecule has 0 saturated carbocycles. The SMILES string of the molecule is Cc1cccc2c1nnc1c(Nc3cccc(Cl)c3)ncnc12. The summed E-state index contributed by atoms with van der Waals surface area (Å²) in [7, 11) is 0. The van der Waals surface area contributed by atoms with Gasteiger partial charge in [-0.2, -0.15) is 0 Å². The standard InChI is InChI=1S/C17H12ClN5/c1-10-4-2-7-13-14(10)22-23-16-15(13)19-9-20-17(16)21-12-6-3-5-11(18)8-12/h2-9H,1H3,(H,19,20,21).